The molecule has 0 bridgehead atoms. The third kappa shape index (κ3) is 7.16. The van der Waals surface area contributed by atoms with Crippen molar-refractivity contribution in [2.45, 2.75) is 64.2 Å². The second-order valence-electron chi connectivity index (χ2n) is 12.7. The summed E-state index contributed by atoms with van der Waals surface area (Å²) in [6.07, 6.45) is -0.252. The van der Waals surface area contributed by atoms with Gasteiger partial charge in [0.1, 0.15) is 12.6 Å². The van der Waals surface area contributed by atoms with Crippen molar-refractivity contribution in [3.05, 3.63) is 137 Å². The van der Waals surface area contributed by atoms with Crippen LogP contribution >= 0.6 is 0 Å². The van der Waals surface area contributed by atoms with Gasteiger partial charge in [-0.15, -0.1) is 0 Å². The molecule has 0 aliphatic carbocycles. The van der Waals surface area contributed by atoms with Crippen LogP contribution in [-0.4, -0.2) is 49.6 Å². The zero-order chi connectivity index (χ0) is 34.6. The van der Waals surface area contributed by atoms with Crippen LogP contribution in [0.2, 0.25) is 0 Å². The molecule has 5 aromatic rings. The van der Waals surface area contributed by atoms with Crippen molar-refractivity contribution in [2.24, 2.45) is 5.92 Å². The molecule has 0 spiro atoms. The number of aromatic nitrogens is 2. The molecular weight excluding hydrogens is 636 g/mol. The van der Waals surface area contributed by atoms with Crippen LogP contribution < -0.4 is 5.32 Å². The molecule has 1 aromatic heterocycles. The zero-order valence-corrected chi connectivity index (χ0v) is 27.6. The molecule has 2 aliphatic rings. The van der Waals surface area contributed by atoms with Gasteiger partial charge in [0.2, 0.25) is 5.91 Å². The highest BCUT2D eigenvalue weighted by molar-refractivity contribution is 6.06. The minimum atomic E-state index is -0.982. The van der Waals surface area contributed by atoms with Crippen LogP contribution in [0.25, 0.3) is 11.0 Å². The first kappa shape index (κ1) is 33.2. The summed E-state index contributed by atoms with van der Waals surface area (Å²) in [5.41, 5.74) is 6.08. The van der Waals surface area contributed by atoms with Crippen molar-refractivity contribution in [1.29, 1.82) is 0 Å². The lowest BCUT2D eigenvalue weighted by molar-refractivity contribution is -0.276. The van der Waals surface area contributed by atoms with E-state index >= 15 is 0 Å². The Morgan fingerprint density at radius 2 is 1.58 bits per heavy atom. The summed E-state index contributed by atoms with van der Waals surface area (Å²) >= 11 is 0. The quantitative estimate of drug-likeness (QED) is 0.184. The normalized spacial score (nSPS) is 22.2. The van der Waals surface area contributed by atoms with E-state index in [0.717, 1.165) is 43.8 Å². The van der Waals surface area contributed by atoms with E-state index in [4.69, 9.17) is 14.2 Å². The van der Waals surface area contributed by atoms with Crippen molar-refractivity contribution in [1.82, 2.24) is 19.8 Å². The van der Waals surface area contributed by atoms with E-state index in [2.05, 4.69) is 21.8 Å². The minimum absolute atomic E-state index is 0.0176. The average molecular weight is 675 g/mol. The predicted molar refractivity (Wildman–Crippen MR) is 183 cm³/mol. The van der Waals surface area contributed by atoms with Gasteiger partial charge in [0, 0.05) is 11.5 Å². The van der Waals surface area contributed by atoms with Gasteiger partial charge in [-0.3, -0.25) is 14.5 Å². The number of fused-ring (bicyclic) bond motifs is 1. The van der Waals surface area contributed by atoms with Crippen LogP contribution in [0.1, 0.15) is 53.6 Å². The summed E-state index contributed by atoms with van der Waals surface area (Å²) in [4.78, 5) is 44.0. The Balaban J connectivity index is 1.03. The molecule has 5 atom stereocenters. The second kappa shape index (κ2) is 14.6. The number of ether oxygens (including phenoxy) is 3. The SMILES string of the molecule is C[C@H]1[C@@H](Cn2cnc3ccccc32)O[C@@H](c2ccc(CN3C(=O)CC(NC(=O)OCc4ccccc4)C3=O)cc2)O[C@H]1c1ccc(CO)cc1. The third-order valence-corrected chi connectivity index (χ3v) is 9.37. The smallest absolute Gasteiger partial charge is 0.408 e. The van der Waals surface area contributed by atoms with Crippen molar-refractivity contribution < 1.29 is 33.7 Å². The van der Waals surface area contributed by atoms with Crippen LogP contribution in [0.15, 0.2) is 109 Å². The second-order valence-corrected chi connectivity index (χ2v) is 12.7. The Morgan fingerprint density at radius 1 is 0.880 bits per heavy atom. The molecule has 3 heterocycles. The monoisotopic (exact) mass is 674 g/mol. The molecule has 3 amide bonds. The number of para-hydroxylation sites is 2. The topological polar surface area (TPSA) is 132 Å². The van der Waals surface area contributed by atoms with Crippen molar-refractivity contribution in [3.63, 3.8) is 0 Å². The molecule has 2 saturated heterocycles. The maximum Gasteiger partial charge on any atom is 0.408 e. The molecule has 50 heavy (non-hydrogen) atoms. The number of hydrogen-bond acceptors (Lipinski definition) is 8. The lowest BCUT2D eigenvalue weighted by Crippen LogP contribution is -2.41. The fourth-order valence-electron chi connectivity index (χ4n) is 6.51. The summed E-state index contributed by atoms with van der Waals surface area (Å²) in [6.45, 7) is 2.77. The summed E-state index contributed by atoms with van der Waals surface area (Å²) < 4.78 is 20.6. The van der Waals surface area contributed by atoms with E-state index in [0.29, 0.717) is 6.54 Å². The molecular formula is C39H38N4O7. The number of benzene rings is 4. The molecule has 0 saturated carbocycles. The molecule has 4 aromatic carbocycles. The minimum Gasteiger partial charge on any atom is -0.445 e. The number of rotatable bonds is 10. The van der Waals surface area contributed by atoms with E-state index in [1.807, 2.05) is 109 Å². The highest BCUT2D eigenvalue weighted by Gasteiger charge is 2.41. The Labute approximate surface area is 289 Å². The van der Waals surface area contributed by atoms with E-state index in [-0.39, 0.29) is 50.2 Å². The number of carbonyl (C=O) groups excluding carboxylic acids is 3. The van der Waals surface area contributed by atoms with Crippen molar-refractivity contribution in [2.75, 3.05) is 0 Å². The Bertz CT molecular complexity index is 1960. The number of nitrogens with zero attached hydrogens (tertiary/aromatic N) is 3. The van der Waals surface area contributed by atoms with Crippen molar-refractivity contribution >= 4 is 28.9 Å². The Kier molecular flexibility index (Phi) is 9.70. The molecule has 2 fully saturated rings. The molecule has 1 unspecified atom stereocenters. The highest BCUT2D eigenvalue weighted by Crippen LogP contribution is 2.42. The standard InChI is InChI=1S/C39H38N4O7/c1-25-34(21-42-24-40-31-9-5-6-10-33(31)42)49-38(50-36(25)29-15-13-27(22-44)14-16-29)30-17-11-26(12-18-30)20-43-35(45)19-32(37(43)46)41-39(47)48-23-28-7-3-2-4-8-28/h2-18,24-25,32,34,36,38,44H,19-23H2,1H3,(H,41,47)/t25-,32?,34+,36+,38+/m0/s1. The Morgan fingerprint density at radius 3 is 2.34 bits per heavy atom. The summed E-state index contributed by atoms with van der Waals surface area (Å²) in [5.74, 6) is -0.866. The molecule has 0 radical (unpaired) electrons. The number of likely N-dealkylation sites (tertiary alicyclic amines) is 1. The van der Waals surface area contributed by atoms with Gasteiger partial charge in [-0.25, -0.2) is 9.78 Å². The number of aliphatic hydroxyl groups is 1. The number of aliphatic hydroxyl groups excluding tert-OH is 1. The first-order valence-electron chi connectivity index (χ1n) is 16.7. The summed E-state index contributed by atoms with van der Waals surface area (Å²) in [5, 5.41) is 12.1. The van der Waals surface area contributed by atoms with E-state index in [1.54, 1.807) is 0 Å². The van der Waals surface area contributed by atoms with Gasteiger partial charge in [0.25, 0.3) is 5.91 Å². The van der Waals surface area contributed by atoms with Crippen molar-refractivity contribution in [3.8, 4) is 0 Å². The van der Waals surface area contributed by atoms with E-state index in [9.17, 15) is 19.5 Å². The number of imide groups is 1. The fraction of sp³-hybridized carbons (Fsp3) is 0.282. The first-order chi connectivity index (χ1) is 24.4. The van der Waals surface area contributed by atoms with Gasteiger partial charge in [0.15, 0.2) is 6.29 Å². The van der Waals surface area contributed by atoms with Gasteiger partial charge in [0.05, 0.1) is 55.7 Å². The Hall–Kier alpha value is -5.36. The maximum atomic E-state index is 13.1. The van der Waals surface area contributed by atoms with Gasteiger partial charge in [-0.1, -0.05) is 97.9 Å². The van der Waals surface area contributed by atoms with Crippen LogP contribution in [0.3, 0.4) is 0 Å². The fourth-order valence-corrected chi connectivity index (χ4v) is 6.51. The number of nitrogens with one attached hydrogen (secondary N) is 1. The average Bonchev–Trinajstić information content (AvgIpc) is 3.67. The van der Waals surface area contributed by atoms with E-state index < -0.39 is 24.3 Å². The molecule has 2 aliphatic heterocycles. The molecule has 11 nitrogen and oxygen atoms in total. The largest absolute Gasteiger partial charge is 0.445 e. The number of amides is 3. The van der Waals surface area contributed by atoms with E-state index in [1.165, 1.54) is 0 Å². The third-order valence-electron chi connectivity index (χ3n) is 9.37. The number of hydrogen-bond donors (Lipinski definition) is 2. The lowest BCUT2D eigenvalue weighted by Gasteiger charge is -2.41. The predicted octanol–water partition coefficient (Wildman–Crippen LogP) is 5.57. The highest BCUT2D eigenvalue weighted by atomic mass is 16.7. The zero-order valence-electron chi connectivity index (χ0n) is 27.6. The van der Waals surface area contributed by atoms with Gasteiger partial charge in [-0.05, 0) is 34.4 Å². The molecule has 2 N–H and O–H groups in total. The molecule has 256 valence electrons. The first-order valence-corrected chi connectivity index (χ1v) is 16.7. The molecule has 7 rings (SSSR count). The lowest BCUT2D eigenvalue weighted by atomic mass is 9.90. The summed E-state index contributed by atoms with van der Waals surface area (Å²) in [7, 11) is 0. The number of alkyl carbamates (subject to hydrolysis) is 1. The molecule has 11 heteroatoms. The number of carbonyl (C=O) groups is 3. The van der Waals surface area contributed by atoms with Crippen LogP contribution in [0, 0.1) is 5.92 Å². The van der Waals surface area contributed by atoms with Crippen LogP contribution in [0.5, 0.6) is 0 Å². The number of imidazole rings is 1. The summed E-state index contributed by atoms with van der Waals surface area (Å²) in [6, 6.07) is 31.4. The van der Waals surface area contributed by atoms with Crippen LogP contribution in [-0.2, 0) is 50.1 Å². The van der Waals surface area contributed by atoms with Gasteiger partial charge in [-0.2, -0.15) is 0 Å². The van der Waals surface area contributed by atoms with Gasteiger partial charge < -0.3 is 29.2 Å². The van der Waals surface area contributed by atoms with Gasteiger partial charge >= 0.3 is 6.09 Å². The van der Waals surface area contributed by atoms with Crippen LogP contribution in [0.4, 0.5) is 4.79 Å². The maximum absolute atomic E-state index is 13.1.